The van der Waals surface area contributed by atoms with Crippen LogP contribution in [0.3, 0.4) is 0 Å². The van der Waals surface area contributed by atoms with Gasteiger partial charge in [-0.2, -0.15) is 0 Å². The molecule has 6 heteroatoms. The fourth-order valence-corrected chi connectivity index (χ4v) is 2.43. The molecule has 14 heavy (non-hydrogen) atoms. The first kappa shape index (κ1) is 11.4. The van der Waals surface area contributed by atoms with Gasteiger partial charge in [-0.25, -0.2) is 0 Å². The molecule has 0 saturated carbocycles. The second-order valence-electron chi connectivity index (χ2n) is 2.67. The summed E-state index contributed by atoms with van der Waals surface area (Å²) in [5.74, 6) is 0. The molecular weight excluding hydrogens is 320 g/mol. The highest BCUT2D eigenvalue weighted by atomic mass is 127. The van der Waals surface area contributed by atoms with Gasteiger partial charge in [-0.15, -0.1) is 0 Å². The standard InChI is InChI=1S/C8H5ClINO3/c1-4-2-5(10)7(8(9)12)6(3-4)11(13)14/h2-3H,1H3. The summed E-state index contributed by atoms with van der Waals surface area (Å²) < 4.78 is 0.495. The largest absolute Gasteiger partial charge is 0.282 e. The monoisotopic (exact) mass is 325 g/mol. The summed E-state index contributed by atoms with van der Waals surface area (Å²) in [5.41, 5.74) is 0.444. The number of hydrogen-bond donors (Lipinski definition) is 0. The molecule has 1 aromatic carbocycles. The first-order valence-electron chi connectivity index (χ1n) is 3.58. The molecule has 0 saturated heterocycles. The van der Waals surface area contributed by atoms with E-state index in [1.54, 1.807) is 13.0 Å². The summed E-state index contributed by atoms with van der Waals surface area (Å²) in [6, 6.07) is 3.00. The van der Waals surface area contributed by atoms with Crippen molar-refractivity contribution in [1.82, 2.24) is 0 Å². The van der Waals surface area contributed by atoms with Crippen LogP contribution in [0, 0.1) is 20.6 Å². The Morgan fingerprint density at radius 1 is 1.57 bits per heavy atom. The Bertz CT molecular complexity index is 419. The first-order valence-corrected chi connectivity index (χ1v) is 5.03. The van der Waals surface area contributed by atoms with E-state index in [2.05, 4.69) is 0 Å². The number of halogens is 2. The van der Waals surface area contributed by atoms with Crippen LogP contribution in [0.25, 0.3) is 0 Å². The maximum Gasteiger partial charge on any atom is 0.282 e. The molecule has 0 radical (unpaired) electrons. The van der Waals surface area contributed by atoms with Gasteiger partial charge in [0.2, 0.25) is 0 Å². The molecule has 0 aromatic heterocycles. The van der Waals surface area contributed by atoms with E-state index in [1.807, 2.05) is 22.6 Å². The fourth-order valence-electron chi connectivity index (χ4n) is 1.06. The Labute approximate surface area is 98.5 Å². The van der Waals surface area contributed by atoms with Crippen LogP contribution in [-0.2, 0) is 0 Å². The van der Waals surface area contributed by atoms with Crippen LogP contribution in [-0.4, -0.2) is 10.2 Å². The normalized spacial score (nSPS) is 9.93. The highest BCUT2D eigenvalue weighted by Gasteiger charge is 2.22. The highest BCUT2D eigenvalue weighted by Crippen LogP contribution is 2.27. The molecule has 0 unspecified atom stereocenters. The maximum absolute atomic E-state index is 11.0. The van der Waals surface area contributed by atoms with E-state index < -0.39 is 10.2 Å². The molecule has 74 valence electrons. The average Bonchev–Trinajstić information content (AvgIpc) is 2.01. The van der Waals surface area contributed by atoms with Crippen molar-refractivity contribution in [1.29, 1.82) is 0 Å². The number of hydrogen-bond acceptors (Lipinski definition) is 3. The van der Waals surface area contributed by atoms with Gasteiger partial charge >= 0.3 is 0 Å². The summed E-state index contributed by atoms with van der Waals surface area (Å²) in [6.45, 7) is 1.72. The van der Waals surface area contributed by atoms with Crippen LogP contribution < -0.4 is 0 Å². The number of carbonyl (C=O) groups excluding carboxylic acids is 1. The van der Waals surface area contributed by atoms with Crippen molar-refractivity contribution in [3.63, 3.8) is 0 Å². The third-order valence-electron chi connectivity index (χ3n) is 1.61. The summed E-state index contributed by atoms with van der Waals surface area (Å²) in [4.78, 5) is 21.0. The van der Waals surface area contributed by atoms with Crippen molar-refractivity contribution in [3.8, 4) is 0 Å². The zero-order chi connectivity index (χ0) is 10.9. The van der Waals surface area contributed by atoms with Crippen LogP contribution in [0.1, 0.15) is 15.9 Å². The Kier molecular flexibility index (Phi) is 3.43. The molecule has 4 nitrogen and oxygen atoms in total. The van der Waals surface area contributed by atoms with Gasteiger partial charge in [0.15, 0.2) is 0 Å². The summed E-state index contributed by atoms with van der Waals surface area (Å²) in [5, 5.41) is 9.82. The van der Waals surface area contributed by atoms with E-state index in [4.69, 9.17) is 11.6 Å². The van der Waals surface area contributed by atoms with Crippen molar-refractivity contribution in [2.45, 2.75) is 6.92 Å². The average molecular weight is 325 g/mol. The molecular formula is C8H5ClINO3. The van der Waals surface area contributed by atoms with Crippen LogP contribution in [0.2, 0.25) is 0 Å². The first-order chi connectivity index (χ1) is 6.43. The van der Waals surface area contributed by atoms with E-state index in [1.165, 1.54) is 6.07 Å². The minimum Gasteiger partial charge on any atom is -0.275 e. The smallest absolute Gasteiger partial charge is 0.275 e. The number of benzene rings is 1. The number of rotatable bonds is 2. The number of nitro benzene ring substituents is 1. The van der Waals surface area contributed by atoms with Crippen LogP contribution in [0.15, 0.2) is 12.1 Å². The molecule has 1 aromatic rings. The summed E-state index contributed by atoms with van der Waals surface area (Å²) in [6.07, 6.45) is 0. The van der Waals surface area contributed by atoms with E-state index in [0.29, 0.717) is 3.57 Å². The van der Waals surface area contributed by atoms with E-state index >= 15 is 0 Å². The maximum atomic E-state index is 11.0. The summed E-state index contributed by atoms with van der Waals surface area (Å²) in [7, 11) is 0. The third-order valence-corrected chi connectivity index (χ3v) is 2.65. The van der Waals surface area contributed by atoms with Gasteiger partial charge in [0.05, 0.1) is 4.92 Å². The second kappa shape index (κ2) is 4.22. The zero-order valence-electron chi connectivity index (χ0n) is 7.08. The lowest BCUT2D eigenvalue weighted by Gasteiger charge is -2.02. The predicted octanol–water partition coefficient (Wildman–Crippen LogP) is 2.89. The molecule has 0 heterocycles. The van der Waals surface area contributed by atoms with Crippen LogP contribution in [0.5, 0.6) is 0 Å². The van der Waals surface area contributed by atoms with Gasteiger partial charge in [0.1, 0.15) is 5.56 Å². The molecule has 1 rings (SSSR count). The van der Waals surface area contributed by atoms with Crippen molar-refractivity contribution >= 4 is 45.1 Å². The van der Waals surface area contributed by atoms with E-state index in [0.717, 1.165) is 5.56 Å². The van der Waals surface area contributed by atoms with Crippen LogP contribution in [0.4, 0.5) is 5.69 Å². The van der Waals surface area contributed by atoms with Crippen molar-refractivity contribution in [2.75, 3.05) is 0 Å². The molecule has 0 aliphatic rings. The zero-order valence-corrected chi connectivity index (χ0v) is 10.00. The van der Waals surface area contributed by atoms with Crippen molar-refractivity contribution in [2.24, 2.45) is 0 Å². The quantitative estimate of drug-likeness (QED) is 0.363. The molecule has 0 bridgehead atoms. The van der Waals surface area contributed by atoms with E-state index in [-0.39, 0.29) is 11.3 Å². The van der Waals surface area contributed by atoms with Gasteiger partial charge in [-0.1, -0.05) is 0 Å². The summed E-state index contributed by atoms with van der Waals surface area (Å²) >= 11 is 7.11. The molecule has 0 fully saturated rings. The lowest BCUT2D eigenvalue weighted by Crippen LogP contribution is -2.02. The van der Waals surface area contributed by atoms with Crippen molar-refractivity contribution in [3.05, 3.63) is 36.9 Å². The van der Waals surface area contributed by atoms with Gasteiger partial charge in [0, 0.05) is 9.64 Å². The number of nitrogens with zero attached hydrogens (tertiary/aromatic N) is 1. The van der Waals surface area contributed by atoms with Gasteiger partial charge in [0.25, 0.3) is 10.9 Å². The van der Waals surface area contributed by atoms with Gasteiger partial charge in [-0.05, 0) is 52.7 Å². The Morgan fingerprint density at radius 2 is 2.14 bits per heavy atom. The number of nitro groups is 1. The second-order valence-corrected chi connectivity index (χ2v) is 4.18. The van der Waals surface area contributed by atoms with Gasteiger partial charge < -0.3 is 0 Å². The molecule has 0 aliphatic carbocycles. The van der Waals surface area contributed by atoms with Crippen molar-refractivity contribution < 1.29 is 9.72 Å². The Balaban J connectivity index is 3.52. The molecule has 0 atom stereocenters. The number of aryl methyl sites for hydroxylation is 1. The Morgan fingerprint density at radius 3 is 2.57 bits per heavy atom. The van der Waals surface area contributed by atoms with Crippen LogP contribution >= 0.6 is 34.2 Å². The SMILES string of the molecule is Cc1cc(I)c(C(=O)Cl)c([N+](=O)[O-])c1. The molecule has 0 amide bonds. The fraction of sp³-hybridized carbons (Fsp3) is 0.125. The Hall–Kier alpha value is -0.690. The molecule has 0 aliphatic heterocycles. The lowest BCUT2D eigenvalue weighted by atomic mass is 10.1. The third kappa shape index (κ3) is 2.21. The topological polar surface area (TPSA) is 60.2 Å². The minimum absolute atomic E-state index is 0.0390. The molecule has 0 N–H and O–H groups in total. The predicted molar refractivity (Wildman–Crippen MR) is 60.7 cm³/mol. The lowest BCUT2D eigenvalue weighted by molar-refractivity contribution is -0.385. The minimum atomic E-state index is -0.805. The van der Waals surface area contributed by atoms with E-state index in [9.17, 15) is 14.9 Å². The number of carbonyl (C=O) groups is 1. The molecule has 0 spiro atoms. The highest BCUT2D eigenvalue weighted by molar-refractivity contribution is 14.1. The van der Waals surface area contributed by atoms with Gasteiger partial charge in [-0.3, -0.25) is 14.9 Å².